The summed E-state index contributed by atoms with van der Waals surface area (Å²) < 4.78 is 7.04. The Bertz CT molecular complexity index is 918. The number of carbonyl (C=O) groups excluding carboxylic acids is 2. The van der Waals surface area contributed by atoms with Crippen molar-refractivity contribution in [3.05, 3.63) is 41.8 Å². The molecule has 0 unspecified atom stereocenters. The predicted octanol–water partition coefficient (Wildman–Crippen LogP) is 2.41. The molecule has 0 bridgehead atoms. The van der Waals surface area contributed by atoms with Gasteiger partial charge in [-0.15, -0.1) is 0 Å². The fraction of sp³-hybridized carbons (Fsp3) is 0.235. The molecule has 0 aliphatic rings. The van der Waals surface area contributed by atoms with Gasteiger partial charge in [0.15, 0.2) is 0 Å². The van der Waals surface area contributed by atoms with E-state index >= 15 is 0 Å². The molecule has 6 nitrogen and oxygen atoms in total. The first-order valence-electron chi connectivity index (χ1n) is 7.18. The fourth-order valence-corrected chi connectivity index (χ4v) is 2.77. The summed E-state index contributed by atoms with van der Waals surface area (Å²) in [6, 6.07) is 7.51. The summed E-state index contributed by atoms with van der Waals surface area (Å²) >= 11 is 0. The SMILES string of the molecule is Cc1oncc1-c1c(C(=O)C(=O)N(C)C)c2ccccc2n1C. The maximum Gasteiger partial charge on any atom is 0.294 e. The molecule has 0 spiro atoms. The molecule has 23 heavy (non-hydrogen) atoms. The van der Waals surface area contributed by atoms with Crippen LogP contribution in [0.15, 0.2) is 35.0 Å². The molecule has 3 aromatic rings. The van der Waals surface area contributed by atoms with Crippen LogP contribution < -0.4 is 0 Å². The summed E-state index contributed by atoms with van der Waals surface area (Å²) in [5.74, 6) is -0.499. The van der Waals surface area contributed by atoms with Gasteiger partial charge in [0.25, 0.3) is 11.7 Å². The van der Waals surface area contributed by atoms with Crippen molar-refractivity contribution in [3.8, 4) is 11.3 Å². The molecule has 0 fully saturated rings. The van der Waals surface area contributed by atoms with E-state index in [1.165, 1.54) is 4.90 Å². The van der Waals surface area contributed by atoms with Crippen molar-refractivity contribution in [2.24, 2.45) is 7.05 Å². The zero-order valence-electron chi connectivity index (χ0n) is 13.5. The van der Waals surface area contributed by atoms with E-state index in [1.54, 1.807) is 27.2 Å². The molecule has 0 saturated carbocycles. The number of hydrogen-bond acceptors (Lipinski definition) is 4. The normalized spacial score (nSPS) is 11.0. The summed E-state index contributed by atoms with van der Waals surface area (Å²) in [5, 5.41) is 4.54. The van der Waals surface area contributed by atoms with Crippen molar-refractivity contribution in [2.75, 3.05) is 14.1 Å². The van der Waals surface area contributed by atoms with Gasteiger partial charge in [-0.3, -0.25) is 9.59 Å². The van der Waals surface area contributed by atoms with Crippen molar-refractivity contribution in [1.82, 2.24) is 14.6 Å². The average molecular weight is 311 g/mol. The van der Waals surface area contributed by atoms with Crippen molar-refractivity contribution >= 4 is 22.6 Å². The Kier molecular flexibility index (Phi) is 3.52. The number of hydrogen-bond donors (Lipinski definition) is 0. The van der Waals surface area contributed by atoms with Crippen LogP contribution in [0.2, 0.25) is 0 Å². The van der Waals surface area contributed by atoms with Gasteiger partial charge in [-0.25, -0.2) is 0 Å². The number of likely N-dealkylation sites (N-methyl/N-ethyl adjacent to an activating group) is 1. The van der Waals surface area contributed by atoms with Crippen LogP contribution in [0.3, 0.4) is 0 Å². The molecule has 0 atom stereocenters. The van der Waals surface area contributed by atoms with Crippen molar-refractivity contribution in [2.45, 2.75) is 6.92 Å². The second kappa shape index (κ2) is 5.39. The van der Waals surface area contributed by atoms with Crippen LogP contribution in [-0.4, -0.2) is 40.4 Å². The van der Waals surface area contributed by atoms with E-state index in [4.69, 9.17) is 4.52 Å². The molecule has 3 rings (SSSR count). The summed E-state index contributed by atoms with van der Waals surface area (Å²) in [5.41, 5.74) is 2.61. The molecule has 0 aliphatic carbocycles. The lowest BCUT2D eigenvalue weighted by molar-refractivity contribution is -0.124. The lowest BCUT2D eigenvalue weighted by atomic mass is 10.0. The number of carbonyl (C=O) groups is 2. The number of aryl methyl sites for hydroxylation is 2. The number of ketones is 1. The minimum Gasteiger partial charge on any atom is -0.361 e. The Hall–Kier alpha value is -2.89. The minimum absolute atomic E-state index is 0.383. The third kappa shape index (κ3) is 2.23. The van der Waals surface area contributed by atoms with Crippen molar-refractivity contribution in [1.29, 1.82) is 0 Å². The van der Waals surface area contributed by atoms with Crippen LogP contribution in [0.4, 0.5) is 0 Å². The van der Waals surface area contributed by atoms with Crippen LogP contribution in [-0.2, 0) is 11.8 Å². The van der Waals surface area contributed by atoms with Gasteiger partial charge in [-0.05, 0) is 13.0 Å². The number of Topliss-reactive ketones (excluding diaryl/α,β-unsaturated/α-hetero) is 1. The molecular formula is C17H17N3O3. The smallest absolute Gasteiger partial charge is 0.294 e. The molecule has 1 amide bonds. The van der Waals surface area contributed by atoms with Gasteiger partial charge in [0.1, 0.15) is 5.76 Å². The fourth-order valence-electron chi connectivity index (χ4n) is 2.77. The molecule has 1 aromatic carbocycles. The number of fused-ring (bicyclic) bond motifs is 1. The van der Waals surface area contributed by atoms with Crippen molar-refractivity contribution in [3.63, 3.8) is 0 Å². The topological polar surface area (TPSA) is 68.3 Å². The summed E-state index contributed by atoms with van der Waals surface area (Å²) in [6.45, 7) is 1.78. The van der Waals surface area contributed by atoms with Gasteiger partial charge in [0.2, 0.25) is 0 Å². The van der Waals surface area contributed by atoms with Gasteiger partial charge in [-0.2, -0.15) is 0 Å². The van der Waals surface area contributed by atoms with Crippen molar-refractivity contribution < 1.29 is 14.1 Å². The van der Waals surface area contributed by atoms with Crippen LogP contribution >= 0.6 is 0 Å². The van der Waals surface area contributed by atoms with Crippen LogP contribution in [0, 0.1) is 6.92 Å². The third-order valence-corrected chi connectivity index (χ3v) is 3.94. The quantitative estimate of drug-likeness (QED) is 0.550. The molecule has 118 valence electrons. The van der Waals surface area contributed by atoms with E-state index in [2.05, 4.69) is 5.16 Å². The highest BCUT2D eigenvalue weighted by atomic mass is 16.5. The number of benzene rings is 1. The van der Waals surface area contributed by atoms with E-state index in [9.17, 15) is 9.59 Å². The minimum atomic E-state index is -0.559. The Balaban J connectivity index is 2.37. The lowest BCUT2D eigenvalue weighted by Gasteiger charge is -2.10. The second-order valence-corrected chi connectivity index (χ2v) is 5.62. The molecule has 0 saturated heterocycles. The Labute approximate surface area is 133 Å². The Morgan fingerprint density at radius 3 is 2.52 bits per heavy atom. The summed E-state index contributed by atoms with van der Waals surface area (Å²) in [7, 11) is 4.99. The predicted molar refractivity (Wildman–Crippen MR) is 86.2 cm³/mol. The molecule has 0 radical (unpaired) electrons. The molecule has 2 heterocycles. The van der Waals surface area contributed by atoms with Crippen LogP contribution in [0.1, 0.15) is 16.1 Å². The molecule has 2 aromatic heterocycles. The zero-order chi connectivity index (χ0) is 16.7. The average Bonchev–Trinajstić information content (AvgIpc) is 3.07. The zero-order valence-corrected chi connectivity index (χ0v) is 13.5. The van der Waals surface area contributed by atoms with Gasteiger partial charge in [-0.1, -0.05) is 23.4 Å². The maximum absolute atomic E-state index is 12.8. The number of aromatic nitrogens is 2. The number of rotatable bonds is 3. The van der Waals surface area contributed by atoms with E-state index < -0.39 is 11.7 Å². The monoisotopic (exact) mass is 311 g/mol. The number of para-hydroxylation sites is 1. The number of amides is 1. The Morgan fingerprint density at radius 1 is 1.22 bits per heavy atom. The van der Waals surface area contributed by atoms with Gasteiger partial charge in [0.05, 0.1) is 23.0 Å². The number of nitrogens with zero attached hydrogens (tertiary/aromatic N) is 3. The van der Waals surface area contributed by atoms with Crippen LogP contribution in [0.25, 0.3) is 22.2 Å². The molecule has 0 N–H and O–H groups in total. The van der Waals surface area contributed by atoms with Gasteiger partial charge < -0.3 is 14.0 Å². The van der Waals surface area contributed by atoms with Crippen LogP contribution in [0.5, 0.6) is 0 Å². The highest BCUT2D eigenvalue weighted by Gasteiger charge is 2.29. The van der Waals surface area contributed by atoms with Gasteiger partial charge in [0, 0.05) is 32.0 Å². The van der Waals surface area contributed by atoms with E-state index in [0.717, 1.165) is 10.9 Å². The second-order valence-electron chi connectivity index (χ2n) is 5.62. The molecule has 0 aliphatic heterocycles. The lowest BCUT2D eigenvalue weighted by Crippen LogP contribution is -2.30. The highest BCUT2D eigenvalue weighted by Crippen LogP contribution is 2.35. The first kappa shape index (κ1) is 15.0. The first-order valence-corrected chi connectivity index (χ1v) is 7.18. The maximum atomic E-state index is 12.8. The summed E-state index contributed by atoms with van der Waals surface area (Å²) in [6.07, 6.45) is 1.57. The third-order valence-electron chi connectivity index (χ3n) is 3.94. The van der Waals surface area contributed by atoms with E-state index in [0.29, 0.717) is 22.6 Å². The van der Waals surface area contributed by atoms with E-state index in [-0.39, 0.29) is 0 Å². The Morgan fingerprint density at radius 2 is 1.91 bits per heavy atom. The van der Waals surface area contributed by atoms with E-state index in [1.807, 2.05) is 35.9 Å². The molecular weight excluding hydrogens is 294 g/mol. The standard InChI is InChI=1S/C17H17N3O3/c1-10-12(9-18-23-10)15-14(16(21)17(22)19(2)3)11-7-5-6-8-13(11)20(15)4/h5-9H,1-4H3. The summed E-state index contributed by atoms with van der Waals surface area (Å²) in [4.78, 5) is 26.3. The highest BCUT2D eigenvalue weighted by molar-refractivity contribution is 6.46. The molecule has 6 heteroatoms. The largest absolute Gasteiger partial charge is 0.361 e. The first-order chi connectivity index (χ1) is 10.9. The van der Waals surface area contributed by atoms with Gasteiger partial charge >= 0.3 is 0 Å².